The van der Waals surface area contributed by atoms with Crippen molar-refractivity contribution in [2.24, 2.45) is 5.41 Å². The fourth-order valence-corrected chi connectivity index (χ4v) is 2.04. The lowest BCUT2D eigenvalue weighted by Gasteiger charge is -2.19. The molecule has 0 aliphatic heterocycles. The van der Waals surface area contributed by atoms with Gasteiger partial charge in [-0.1, -0.05) is 13.0 Å². The minimum atomic E-state index is -1.25. The number of benzene rings is 1. The SMILES string of the molecule is CCC(CNC(=O)C1(C(=O)O)CC1)Oc1cccc(F)c1. The average molecular weight is 295 g/mol. The molecule has 0 spiro atoms. The third-order valence-corrected chi connectivity index (χ3v) is 3.64. The molecular formula is C15H18FNO4. The van der Waals surface area contributed by atoms with Crippen molar-refractivity contribution in [3.05, 3.63) is 30.1 Å². The van der Waals surface area contributed by atoms with Gasteiger partial charge in [0.15, 0.2) is 0 Å². The molecular weight excluding hydrogens is 277 g/mol. The van der Waals surface area contributed by atoms with E-state index in [1.807, 2.05) is 6.92 Å². The molecule has 1 fully saturated rings. The molecule has 1 amide bonds. The molecule has 2 N–H and O–H groups in total. The number of halogens is 1. The Hall–Kier alpha value is -2.11. The Morgan fingerprint density at radius 1 is 1.48 bits per heavy atom. The summed E-state index contributed by atoms with van der Waals surface area (Å²) in [4.78, 5) is 22.9. The fourth-order valence-electron chi connectivity index (χ4n) is 2.04. The van der Waals surface area contributed by atoms with Crippen LogP contribution < -0.4 is 10.1 Å². The summed E-state index contributed by atoms with van der Waals surface area (Å²) in [6.45, 7) is 2.07. The van der Waals surface area contributed by atoms with Gasteiger partial charge < -0.3 is 15.2 Å². The lowest BCUT2D eigenvalue weighted by atomic mass is 10.1. The zero-order valence-corrected chi connectivity index (χ0v) is 11.8. The highest BCUT2D eigenvalue weighted by Gasteiger charge is 2.57. The van der Waals surface area contributed by atoms with Gasteiger partial charge in [0.25, 0.3) is 0 Å². The molecule has 1 aliphatic carbocycles. The maximum atomic E-state index is 13.1. The quantitative estimate of drug-likeness (QED) is 0.754. The van der Waals surface area contributed by atoms with Gasteiger partial charge in [0.1, 0.15) is 23.1 Å². The molecule has 0 bridgehead atoms. The Balaban J connectivity index is 1.88. The van der Waals surface area contributed by atoms with Gasteiger partial charge in [-0.05, 0) is 31.4 Å². The molecule has 1 aromatic rings. The Kier molecular flexibility index (Phi) is 4.45. The summed E-state index contributed by atoms with van der Waals surface area (Å²) < 4.78 is 18.7. The van der Waals surface area contributed by atoms with Gasteiger partial charge in [-0.3, -0.25) is 9.59 Å². The fraction of sp³-hybridized carbons (Fsp3) is 0.467. The van der Waals surface area contributed by atoms with E-state index in [1.54, 1.807) is 12.1 Å². The van der Waals surface area contributed by atoms with Crippen LogP contribution >= 0.6 is 0 Å². The zero-order valence-electron chi connectivity index (χ0n) is 11.8. The normalized spacial score (nSPS) is 16.9. The van der Waals surface area contributed by atoms with Crippen molar-refractivity contribution in [1.82, 2.24) is 5.32 Å². The number of carboxylic acid groups (broad SMARTS) is 1. The molecule has 6 heteroatoms. The highest BCUT2D eigenvalue weighted by molar-refractivity contribution is 6.04. The molecule has 1 atom stereocenters. The van der Waals surface area contributed by atoms with E-state index < -0.39 is 23.1 Å². The smallest absolute Gasteiger partial charge is 0.319 e. The summed E-state index contributed by atoms with van der Waals surface area (Å²) in [6, 6.07) is 5.76. The third-order valence-electron chi connectivity index (χ3n) is 3.64. The number of hydrogen-bond acceptors (Lipinski definition) is 3. The number of hydrogen-bond donors (Lipinski definition) is 2. The second-order valence-electron chi connectivity index (χ2n) is 5.20. The molecule has 0 heterocycles. The lowest BCUT2D eigenvalue weighted by Crippen LogP contribution is -2.41. The van der Waals surface area contributed by atoms with Crippen LogP contribution in [0, 0.1) is 11.2 Å². The lowest BCUT2D eigenvalue weighted by molar-refractivity contribution is -0.149. The number of carbonyl (C=O) groups excluding carboxylic acids is 1. The van der Waals surface area contributed by atoms with Crippen LogP contribution in [0.1, 0.15) is 26.2 Å². The molecule has 1 saturated carbocycles. The summed E-state index contributed by atoms with van der Waals surface area (Å²) in [5, 5.41) is 11.6. The van der Waals surface area contributed by atoms with Crippen molar-refractivity contribution < 1.29 is 23.8 Å². The number of amides is 1. The van der Waals surface area contributed by atoms with Crippen molar-refractivity contribution >= 4 is 11.9 Å². The Morgan fingerprint density at radius 2 is 2.19 bits per heavy atom. The van der Waals surface area contributed by atoms with Crippen molar-refractivity contribution in [2.75, 3.05) is 6.54 Å². The van der Waals surface area contributed by atoms with Gasteiger partial charge in [0.2, 0.25) is 5.91 Å². The summed E-state index contributed by atoms with van der Waals surface area (Å²) in [6.07, 6.45) is 1.02. The zero-order chi connectivity index (χ0) is 15.5. The molecule has 0 aromatic heterocycles. The molecule has 0 saturated heterocycles. The minimum Gasteiger partial charge on any atom is -0.489 e. The first-order chi connectivity index (χ1) is 9.98. The molecule has 2 rings (SSSR count). The predicted molar refractivity (Wildman–Crippen MR) is 73.4 cm³/mol. The van der Waals surface area contributed by atoms with Crippen LogP contribution in [0.5, 0.6) is 5.75 Å². The number of rotatable bonds is 7. The van der Waals surface area contributed by atoms with Crippen molar-refractivity contribution in [2.45, 2.75) is 32.3 Å². The number of carbonyl (C=O) groups is 2. The van der Waals surface area contributed by atoms with E-state index in [1.165, 1.54) is 12.1 Å². The summed E-state index contributed by atoms with van der Waals surface area (Å²) in [5.74, 6) is -1.57. The van der Waals surface area contributed by atoms with Crippen LogP contribution in [0.15, 0.2) is 24.3 Å². The number of carboxylic acids is 1. The maximum Gasteiger partial charge on any atom is 0.319 e. The highest BCUT2D eigenvalue weighted by atomic mass is 19.1. The average Bonchev–Trinajstić information content (AvgIpc) is 3.24. The van der Waals surface area contributed by atoms with Crippen LogP contribution in [0.4, 0.5) is 4.39 Å². The van der Waals surface area contributed by atoms with E-state index in [0.717, 1.165) is 0 Å². The van der Waals surface area contributed by atoms with E-state index in [2.05, 4.69) is 5.32 Å². The van der Waals surface area contributed by atoms with Crippen LogP contribution in [-0.2, 0) is 9.59 Å². The highest BCUT2D eigenvalue weighted by Crippen LogP contribution is 2.46. The number of aliphatic carboxylic acids is 1. The van der Waals surface area contributed by atoms with Crippen LogP contribution in [-0.4, -0.2) is 29.6 Å². The van der Waals surface area contributed by atoms with E-state index in [-0.39, 0.29) is 12.6 Å². The summed E-state index contributed by atoms with van der Waals surface area (Å²) in [5.41, 5.74) is -1.25. The first-order valence-electron chi connectivity index (χ1n) is 6.92. The second-order valence-corrected chi connectivity index (χ2v) is 5.20. The molecule has 0 radical (unpaired) electrons. The van der Waals surface area contributed by atoms with Crippen LogP contribution in [0.3, 0.4) is 0 Å². The number of ether oxygens (including phenoxy) is 1. The van der Waals surface area contributed by atoms with Crippen molar-refractivity contribution in [3.8, 4) is 5.75 Å². The molecule has 1 aromatic carbocycles. The van der Waals surface area contributed by atoms with Crippen LogP contribution in [0.2, 0.25) is 0 Å². The Bertz CT molecular complexity index is 542. The van der Waals surface area contributed by atoms with E-state index in [0.29, 0.717) is 25.0 Å². The van der Waals surface area contributed by atoms with E-state index in [4.69, 9.17) is 9.84 Å². The standard InChI is InChI=1S/C15H18FNO4/c1-2-11(21-12-5-3-4-10(16)8-12)9-17-13(18)15(6-7-15)14(19)20/h3-5,8,11H,2,6-7,9H2,1H3,(H,17,18)(H,19,20). The monoisotopic (exact) mass is 295 g/mol. The van der Waals surface area contributed by atoms with Gasteiger partial charge in [0, 0.05) is 6.07 Å². The largest absolute Gasteiger partial charge is 0.489 e. The van der Waals surface area contributed by atoms with Crippen LogP contribution in [0.25, 0.3) is 0 Å². The van der Waals surface area contributed by atoms with Gasteiger partial charge in [-0.15, -0.1) is 0 Å². The first kappa shape index (κ1) is 15.3. The Morgan fingerprint density at radius 3 is 2.71 bits per heavy atom. The van der Waals surface area contributed by atoms with Gasteiger partial charge in [-0.2, -0.15) is 0 Å². The van der Waals surface area contributed by atoms with E-state index >= 15 is 0 Å². The molecule has 1 aliphatic rings. The summed E-state index contributed by atoms with van der Waals surface area (Å²) >= 11 is 0. The Labute approximate surface area is 122 Å². The number of nitrogens with one attached hydrogen (secondary N) is 1. The van der Waals surface area contributed by atoms with Crippen molar-refractivity contribution in [3.63, 3.8) is 0 Å². The molecule has 114 valence electrons. The summed E-state index contributed by atoms with van der Waals surface area (Å²) in [7, 11) is 0. The first-order valence-corrected chi connectivity index (χ1v) is 6.92. The third kappa shape index (κ3) is 3.51. The minimum absolute atomic E-state index is 0.195. The topological polar surface area (TPSA) is 75.6 Å². The van der Waals surface area contributed by atoms with Gasteiger partial charge in [0.05, 0.1) is 6.54 Å². The molecule has 21 heavy (non-hydrogen) atoms. The van der Waals surface area contributed by atoms with Crippen molar-refractivity contribution in [1.29, 1.82) is 0 Å². The molecule has 1 unspecified atom stereocenters. The van der Waals surface area contributed by atoms with Gasteiger partial charge in [-0.25, -0.2) is 4.39 Å². The predicted octanol–water partition coefficient (Wildman–Crippen LogP) is 1.96. The molecule has 5 nitrogen and oxygen atoms in total. The van der Waals surface area contributed by atoms with E-state index in [9.17, 15) is 14.0 Å². The van der Waals surface area contributed by atoms with Gasteiger partial charge >= 0.3 is 5.97 Å². The second kappa shape index (κ2) is 6.11. The maximum absolute atomic E-state index is 13.1.